The lowest BCUT2D eigenvalue weighted by Gasteiger charge is -2.07. The fraction of sp³-hybridized carbons (Fsp3) is 0.308. The number of aromatic nitrogens is 5. The predicted molar refractivity (Wildman–Crippen MR) is 74.0 cm³/mol. The molecule has 0 atom stereocenters. The third-order valence-electron chi connectivity index (χ3n) is 3.18. The van der Waals surface area contributed by atoms with E-state index in [2.05, 4.69) is 19.5 Å². The van der Waals surface area contributed by atoms with E-state index in [0.717, 1.165) is 35.8 Å². The number of aryl methyl sites for hydroxylation is 3. The third kappa shape index (κ3) is 2.21. The molecule has 0 aliphatic heterocycles. The summed E-state index contributed by atoms with van der Waals surface area (Å²) in [5.74, 6) is 2.28. The smallest absolute Gasteiger partial charge is 0.160 e. The van der Waals surface area contributed by atoms with Gasteiger partial charge in [0.05, 0.1) is 5.88 Å². The Labute approximate surface area is 115 Å². The molecule has 0 saturated carbocycles. The summed E-state index contributed by atoms with van der Waals surface area (Å²) in [6, 6.07) is 3.84. The van der Waals surface area contributed by atoms with E-state index in [1.807, 2.05) is 36.1 Å². The SMILES string of the molecule is Cn1ccnc1CCn1c(CCl)nc2cccnc21. The van der Waals surface area contributed by atoms with E-state index in [-0.39, 0.29) is 0 Å². The lowest BCUT2D eigenvalue weighted by Crippen LogP contribution is -2.08. The Kier molecular flexibility index (Phi) is 3.21. The van der Waals surface area contributed by atoms with Crippen molar-refractivity contribution in [1.82, 2.24) is 24.1 Å². The van der Waals surface area contributed by atoms with E-state index in [1.54, 1.807) is 6.20 Å². The van der Waals surface area contributed by atoms with Crippen LogP contribution in [0.25, 0.3) is 11.2 Å². The molecule has 0 aromatic carbocycles. The van der Waals surface area contributed by atoms with Crippen molar-refractivity contribution >= 4 is 22.8 Å². The van der Waals surface area contributed by atoms with Crippen molar-refractivity contribution in [3.05, 3.63) is 42.4 Å². The van der Waals surface area contributed by atoms with Gasteiger partial charge in [0.2, 0.25) is 0 Å². The molecule has 0 saturated heterocycles. The van der Waals surface area contributed by atoms with Crippen molar-refractivity contribution in [2.75, 3.05) is 0 Å². The van der Waals surface area contributed by atoms with Crippen molar-refractivity contribution in [1.29, 1.82) is 0 Å². The Morgan fingerprint density at radius 2 is 2.11 bits per heavy atom. The average molecular weight is 276 g/mol. The molecule has 0 amide bonds. The molecule has 19 heavy (non-hydrogen) atoms. The molecule has 6 heteroatoms. The Morgan fingerprint density at radius 1 is 1.21 bits per heavy atom. The van der Waals surface area contributed by atoms with E-state index in [4.69, 9.17) is 11.6 Å². The topological polar surface area (TPSA) is 48.5 Å². The molecular formula is C13H14ClN5. The predicted octanol–water partition coefficient (Wildman–Crippen LogP) is 2.15. The first kappa shape index (κ1) is 12.2. The van der Waals surface area contributed by atoms with E-state index in [1.165, 1.54) is 0 Å². The van der Waals surface area contributed by atoms with Crippen LogP contribution in [0.5, 0.6) is 0 Å². The molecule has 0 aliphatic carbocycles. The number of hydrogen-bond donors (Lipinski definition) is 0. The van der Waals surface area contributed by atoms with Crippen LogP contribution >= 0.6 is 11.6 Å². The zero-order valence-corrected chi connectivity index (χ0v) is 11.4. The van der Waals surface area contributed by atoms with E-state index in [9.17, 15) is 0 Å². The minimum atomic E-state index is 0.386. The van der Waals surface area contributed by atoms with Gasteiger partial charge in [-0.3, -0.25) is 0 Å². The molecule has 0 N–H and O–H groups in total. The highest BCUT2D eigenvalue weighted by molar-refractivity contribution is 6.16. The standard InChI is InChI=1S/C13H14ClN5/c1-18-8-6-15-11(18)4-7-19-12(9-14)17-10-3-2-5-16-13(10)19/h2-3,5-6,8H,4,7,9H2,1H3. The van der Waals surface area contributed by atoms with Gasteiger partial charge in [0.1, 0.15) is 17.2 Å². The van der Waals surface area contributed by atoms with Crippen LogP contribution in [0.1, 0.15) is 11.6 Å². The number of imidazole rings is 2. The number of fused-ring (bicyclic) bond motifs is 1. The molecule has 3 aromatic heterocycles. The van der Waals surface area contributed by atoms with Crippen molar-refractivity contribution in [3.8, 4) is 0 Å². The molecule has 98 valence electrons. The Balaban J connectivity index is 1.93. The zero-order valence-electron chi connectivity index (χ0n) is 10.6. The van der Waals surface area contributed by atoms with Crippen LogP contribution in [0, 0.1) is 0 Å². The van der Waals surface area contributed by atoms with Gasteiger partial charge < -0.3 is 9.13 Å². The first-order valence-corrected chi connectivity index (χ1v) is 6.65. The molecule has 0 bridgehead atoms. The van der Waals surface area contributed by atoms with Gasteiger partial charge in [0.25, 0.3) is 0 Å². The molecule has 0 spiro atoms. The second-order valence-corrected chi connectivity index (χ2v) is 4.63. The molecule has 3 heterocycles. The van der Waals surface area contributed by atoms with E-state index >= 15 is 0 Å². The van der Waals surface area contributed by atoms with Crippen LogP contribution in [0.4, 0.5) is 0 Å². The minimum absolute atomic E-state index is 0.386. The van der Waals surface area contributed by atoms with Crippen LogP contribution in [0.15, 0.2) is 30.7 Å². The Hall–Kier alpha value is -1.88. The number of pyridine rings is 1. The fourth-order valence-electron chi connectivity index (χ4n) is 2.19. The largest absolute Gasteiger partial charge is 0.338 e. The monoisotopic (exact) mass is 275 g/mol. The summed E-state index contributed by atoms with van der Waals surface area (Å²) in [4.78, 5) is 13.2. The molecule has 5 nitrogen and oxygen atoms in total. The molecule has 0 radical (unpaired) electrons. The maximum absolute atomic E-state index is 5.96. The molecule has 3 aromatic rings. The number of nitrogens with zero attached hydrogens (tertiary/aromatic N) is 5. The molecule has 3 rings (SSSR count). The summed E-state index contributed by atoms with van der Waals surface area (Å²) in [7, 11) is 2.00. The van der Waals surface area contributed by atoms with Gasteiger partial charge >= 0.3 is 0 Å². The highest BCUT2D eigenvalue weighted by Gasteiger charge is 2.11. The van der Waals surface area contributed by atoms with Crippen LogP contribution < -0.4 is 0 Å². The zero-order chi connectivity index (χ0) is 13.2. The van der Waals surface area contributed by atoms with E-state index < -0.39 is 0 Å². The minimum Gasteiger partial charge on any atom is -0.338 e. The first-order valence-electron chi connectivity index (χ1n) is 6.12. The van der Waals surface area contributed by atoms with Crippen LogP contribution in [-0.2, 0) is 25.9 Å². The van der Waals surface area contributed by atoms with Gasteiger partial charge in [0.15, 0.2) is 5.65 Å². The third-order valence-corrected chi connectivity index (χ3v) is 3.42. The molecule has 0 unspecified atom stereocenters. The average Bonchev–Trinajstić information content (AvgIpc) is 2.99. The van der Waals surface area contributed by atoms with Gasteiger partial charge in [0, 0.05) is 38.6 Å². The van der Waals surface area contributed by atoms with Crippen LogP contribution in [-0.4, -0.2) is 24.1 Å². The van der Waals surface area contributed by atoms with E-state index in [0.29, 0.717) is 5.88 Å². The Morgan fingerprint density at radius 3 is 2.84 bits per heavy atom. The summed E-state index contributed by atoms with van der Waals surface area (Å²) in [6.45, 7) is 0.778. The first-order chi connectivity index (χ1) is 9.29. The lowest BCUT2D eigenvalue weighted by atomic mass is 10.4. The highest BCUT2D eigenvalue weighted by Crippen LogP contribution is 2.15. The summed E-state index contributed by atoms with van der Waals surface area (Å²) in [5.41, 5.74) is 1.77. The maximum atomic E-state index is 5.96. The second kappa shape index (κ2) is 5.01. The number of halogens is 1. The fourth-order valence-corrected chi connectivity index (χ4v) is 2.40. The summed E-state index contributed by atoms with van der Waals surface area (Å²) in [5, 5.41) is 0. The van der Waals surface area contributed by atoms with Crippen molar-refractivity contribution < 1.29 is 0 Å². The van der Waals surface area contributed by atoms with Crippen LogP contribution in [0.2, 0.25) is 0 Å². The molecular weight excluding hydrogens is 262 g/mol. The summed E-state index contributed by atoms with van der Waals surface area (Å²) in [6.07, 6.45) is 6.36. The number of rotatable bonds is 4. The van der Waals surface area contributed by atoms with Crippen molar-refractivity contribution in [2.45, 2.75) is 18.8 Å². The van der Waals surface area contributed by atoms with Crippen molar-refractivity contribution in [2.24, 2.45) is 7.05 Å². The second-order valence-electron chi connectivity index (χ2n) is 4.36. The summed E-state index contributed by atoms with van der Waals surface area (Å²) < 4.78 is 4.09. The van der Waals surface area contributed by atoms with Crippen molar-refractivity contribution in [3.63, 3.8) is 0 Å². The van der Waals surface area contributed by atoms with Gasteiger partial charge in [-0.05, 0) is 12.1 Å². The molecule has 0 aliphatic rings. The quantitative estimate of drug-likeness (QED) is 0.686. The van der Waals surface area contributed by atoms with Crippen LogP contribution in [0.3, 0.4) is 0 Å². The van der Waals surface area contributed by atoms with Gasteiger partial charge in [-0.2, -0.15) is 0 Å². The van der Waals surface area contributed by atoms with Gasteiger partial charge in [-0.1, -0.05) is 0 Å². The van der Waals surface area contributed by atoms with Gasteiger partial charge in [-0.25, -0.2) is 15.0 Å². The number of alkyl halides is 1. The Bertz CT molecular complexity index is 700. The summed E-state index contributed by atoms with van der Waals surface area (Å²) >= 11 is 5.96. The van der Waals surface area contributed by atoms with Gasteiger partial charge in [-0.15, -0.1) is 11.6 Å². The maximum Gasteiger partial charge on any atom is 0.160 e. The molecule has 0 fully saturated rings. The lowest BCUT2D eigenvalue weighted by molar-refractivity contribution is 0.642. The number of hydrogen-bond acceptors (Lipinski definition) is 3. The highest BCUT2D eigenvalue weighted by atomic mass is 35.5. The normalized spacial score (nSPS) is 11.3.